The van der Waals surface area contributed by atoms with E-state index < -0.39 is 58.8 Å². The average Bonchev–Trinajstić information content (AvgIpc) is 1.65. The quantitative estimate of drug-likeness (QED) is 0.0266. The fourth-order valence-corrected chi connectivity index (χ4v) is 14.0. The second-order valence-corrected chi connectivity index (χ2v) is 32.3. The number of aromatic amines is 5. The third-order valence-electron chi connectivity index (χ3n) is 20.8. The first-order chi connectivity index (χ1) is 64.5. The number of H-pyrrole nitrogens is 5. The molecule has 0 radical (unpaired) electrons. The van der Waals surface area contributed by atoms with Crippen molar-refractivity contribution in [1.29, 1.82) is 0 Å². The molecule has 0 aliphatic heterocycles. The van der Waals surface area contributed by atoms with Crippen LogP contribution in [-0.2, 0) is 30.4 Å². The molecular formula is C101H81F10N15O7S. The van der Waals surface area contributed by atoms with Crippen molar-refractivity contribution < 1.29 is 78.1 Å². The number of carbonyl (C=O) groups excluding carboxylic acids is 5. The smallest absolute Gasteiger partial charge is 0.234 e. The molecule has 0 saturated heterocycles. The summed E-state index contributed by atoms with van der Waals surface area (Å²) in [5.41, 5.74) is 9.37. The third kappa shape index (κ3) is 24.6. The second-order valence-electron chi connectivity index (χ2n) is 31.2. The van der Waals surface area contributed by atoms with Crippen LogP contribution < -0.4 is 26.6 Å². The van der Waals surface area contributed by atoms with Crippen LogP contribution >= 0.6 is 11.3 Å². The molecule has 678 valence electrons. The number of fused-ring (bicyclic) bond motifs is 5. The number of rotatable bonds is 23. The van der Waals surface area contributed by atoms with Gasteiger partial charge < -0.3 is 36.8 Å². The Morgan fingerprint density at radius 3 is 0.985 bits per heavy atom. The molecule has 17 aromatic rings. The minimum Gasteiger partial charge on any atom is -0.395 e. The van der Waals surface area contributed by atoms with Gasteiger partial charge in [-0.1, -0.05) is 127 Å². The number of carbonyl (C=O) groups is 5. The molecule has 1 atom stereocenters. The molecule has 11 aromatic carbocycles. The lowest BCUT2D eigenvalue weighted by Gasteiger charge is -2.20. The number of aliphatic hydroxyl groups excluding tert-OH is 2. The Bertz CT molecular complexity index is 7260. The van der Waals surface area contributed by atoms with E-state index in [0.717, 1.165) is 45.5 Å². The summed E-state index contributed by atoms with van der Waals surface area (Å²) in [4.78, 5) is 61.0. The first-order valence-electron chi connectivity index (χ1n) is 41.4. The molecule has 1 aliphatic rings. The van der Waals surface area contributed by atoms with E-state index in [4.69, 9.17) is 0 Å². The van der Waals surface area contributed by atoms with Crippen LogP contribution in [0.5, 0.6) is 0 Å². The largest absolute Gasteiger partial charge is 0.395 e. The maximum atomic E-state index is 14.6. The van der Waals surface area contributed by atoms with Crippen molar-refractivity contribution in [2.75, 3.05) is 39.8 Å². The van der Waals surface area contributed by atoms with Gasteiger partial charge in [0.2, 0.25) is 29.5 Å². The molecule has 22 nitrogen and oxygen atoms in total. The molecule has 18 rings (SSSR count). The predicted octanol–water partition coefficient (Wildman–Crippen LogP) is 22.3. The molecular weight excluding hydrogens is 1760 g/mol. The third-order valence-corrected chi connectivity index (χ3v) is 21.7. The normalized spacial score (nSPS) is 12.3. The number of halogens is 10. The molecule has 12 N–H and O–H groups in total. The van der Waals surface area contributed by atoms with E-state index in [1.54, 1.807) is 172 Å². The molecule has 1 unspecified atom stereocenters. The topological polar surface area (TPSA) is 329 Å². The van der Waals surface area contributed by atoms with Crippen molar-refractivity contribution in [3.05, 3.63) is 355 Å². The highest BCUT2D eigenvalue weighted by Crippen LogP contribution is 2.35. The van der Waals surface area contributed by atoms with Gasteiger partial charge in [-0.15, -0.1) is 11.3 Å². The van der Waals surface area contributed by atoms with Crippen molar-refractivity contribution in [2.24, 2.45) is 11.3 Å². The van der Waals surface area contributed by atoms with Crippen LogP contribution in [0.3, 0.4) is 0 Å². The number of hydrogen-bond donors (Lipinski definition) is 12. The second kappa shape index (κ2) is 43.0. The minimum absolute atomic E-state index is 0.00251. The molecule has 1 saturated carbocycles. The lowest BCUT2D eigenvalue weighted by molar-refractivity contribution is -0.126. The van der Waals surface area contributed by atoms with Crippen LogP contribution in [0, 0.1) is 69.5 Å². The molecule has 33 heteroatoms. The van der Waals surface area contributed by atoms with Gasteiger partial charge in [0.05, 0.1) is 115 Å². The summed E-state index contributed by atoms with van der Waals surface area (Å²) < 4.78 is 136. The number of nitrogens with zero attached hydrogens (tertiary/aromatic N) is 5. The van der Waals surface area contributed by atoms with E-state index in [9.17, 15) is 78.1 Å². The van der Waals surface area contributed by atoms with Gasteiger partial charge in [-0.3, -0.25) is 49.5 Å². The summed E-state index contributed by atoms with van der Waals surface area (Å²) in [6.07, 6.45) is 19.4. The Labute approximate surface area is 761 Å². The number of thiophene rings is 1. The van der Waals surface area contributed by atoms with Gasteiger partial charge in [0, 0.05) is 75.0 Å². The van der Waals surface area contributed by atoms with Crippen LogP contribution in [-0.4, -0.2) is 104 Å². The molecule has 6 heterocycles. The van der Waals surface area contributed by atoms with Gasteiger partial charge in [0.25, 0.3) is 0 Å². The predicted molar refractivity (Wildman–Crippen MR) is 504 cm³/mol. The monoisotopic (exact) mass is 1840 g/mol. The lowest BCUT2D eigenvalue weighted by atomic mass is 9.93. The highest BCUT2D eigenvalue weighted by molar-refractivity contribution is 7.10. The Hall–Kier alpha value is -16.3. The lowest BCUT2D eigenvalue weighted by Crippen LogP contribution is -2.34. The zero-order valence-electron chi connectivity index (χ0n) is 71.3. The fraction of sp³-hybridized carbons (Fsp3) is 0.109. The molecule has 5 amide bonds. The molecule has 1 aliphatic carbocycles. The van der Waals surface area contributed by atoms with Crippen molar-refractivity contribution in [2.45, 2.75) is 46.0 Å². The van der Waals surface area contributed by atoms with Crippen LogP contribution in [0.2, 0.25) is 0 Å². The standard InChI is InChI=1S/C24H19F2N3O2.C21H15F2N3OS.C20H19F2N3O2.C19H15F2N3O.C17H13F2N3O/c25-17-9-6-15(7-10-17)8-11-21-18-12-23(20(26)13-22(18)29-28-21)27-24(31)19(14-30)16-4-2-1-3-5-16;22-14-6-3-13(4-7-14)5-8-18-16-11-20(17(23)12-19(16)26-25-18)24-21(27)10-15-2-1-9-28-15;1-20(2,11-26)19(27)23-18-9-14-16(24-25-17(14)10-15(18)22)8-5-12-3-6-13(21)7-4-12;20-13-6-1-11(2-7-13)3-8-16-14-9-18(22-19(25)12-4-5-12)15(21)10-17(14)24-23-16;1-10(23)20-17-8-13-15(21-22-16(13)9-14(17)19)7-4-11-2-5-12(18)6-3-11/h1-13,19,30H,14H2,(H,27,31)(H,28,29);1-9,11-12H,10H2,(H,24,27)(H,25,26);3-10,26H,11H2,1-2H3,(H,23,27)(H,24,25);1-3,6-10,12H,4-5H2,(H,22,25)(H,23,24);2-9H,1H3,(H,20,23)(H,21,22)/b11-8+;2*8-5+;8-3+;7-4+. The summed E-state index contributed by atoms with van der Waals surface area (Å²) in [5, 5.41) is 71.5. The summed E-state index contributed by atoms with van der Waals surface area (Å²) in [6.45, 7) is 3.67. The Balaban J connectivity index is 0.000000135. The summed E-state index contributed by atoms with van der Waals surface area (Å²) >= 11 is 1.48. The average molecular weight is 1840 g/mol. The van der Waals surface area contributed by atoms with Crippen molar-refractivity contribution in [1.82, 2.24) is 51.0 Å². The maximum absolute atomic E-state index is 14.6. The summed E-state index contributed by atoms with van der Waals surface area (Å²) in [6, 6.07) is 56.7. The van der Waals surface area contributed by atoms with E-state index in [1.165, 1.54) is 127 Å². The Kier molecular flexibility index (Phi) is 30.1. The molecule has 1 fully saturated rings. The van der Waals surface area contributed by atoms with Gasteiger partial charge >= 0.3 is 0 Å². The number of anilines is 5. The molecule has 0 bridgehead atoms. The Morgan fingerprint density at radius 2 is 0.694 bits per heavy atom. The number of benzene rings is 11. The zero-order valence-corrected chi connectivity index (χ0v) is 72.1. The van der Waals surface area contributed by atoms with Crippen LogP contribution in [0.15, 0.2) is 230 Å². The van der Waals surface area contributed by atoms with E-state index in [2.05, 4.69) is 77.6 Å². The van der Waals surface area contributed by atoms with E-state index in [-0.39, 0.29) is 94.2 Å². The highest BCUT2D eigenvalue weighted by atomic mass is 32.1. The number of hydrogen-bond acceptors (Lipinski definition) is 13. The van der Waals surface area contributed by atoms with Crippen LogP contribution in [0.4, 0.5) is 72.3 Å². The van der Waals surface area contributed by atoms with E-state index in [0.29, 0.717) is 88.5 Å². The van der Waals surface area contributed by atoms with Crippen LogP contribution in [0.1, 0.15) is 106 Å². The first-order valence-corrected chi connectivity index (χ1v) is 42.3. The van der Waals surface area contributed by atoms with Crippen LogP contribution in [0.25, 0.3) is 115 Å². The highest BCUT2D eigenvalue weighted by Gasteiger charge is 2.31. The number of amides is 5. The van der Waals surface area contributed by atoms with Gasteiger partial charge in [-0.2, -0.15) is 25.5 Å². The molecule has 134 heavy (non-hydrogen) atoms. The number of aliphatic hydroxyl groups is 2. The van der Waals surface area contributed by atoms with Crippen molar-refractivity contribution >= 4 is 185 Å². The van der Waals surface area contributed by atoms with Crippen molar-refractivity contribution in [3.8, 4) is 0 Å². The zero-order chi connectivity index (χ0) is 94.7. The summed E-state index contributed by atoms with van der Waals surface area (Å²) in [5.74, 6) is -6.97. The molecule has 0 spiro atoms. The van der Waals surface area contributed by atoms with Gasteiger partial charge in [0.1, 0.15) is 58.2 Å². The number of aromatic nitrogens is 10. The maximum Gasteiger partial charge on any atom is 0.234 e. The van der Waals surface area contributed by atoms with Gasteiger partial charge in [0.15, 0.2) is 0 Å². The SMILES string of the molecule is CC(=O)Nc1cc2c(/C=C/c3ccc(F)cc3)n[nH]c2cc1F.CC(C)(CO)C(=O)Nc1cc2c(/C=C/c3ccc(F)cc3)n[nH]c2cc1F.O=C(Cc1cccs1)Nc1cc2c(/C=C/c3ccc(F)cc3)n[nH]c2cc1F.O=C(Nc1cc2c(/C=C/c3ccc(F)cc3)n[nH]c2cc1F)C(CO)c1ccccc1.O=C(Nc1cc2c(/C=C/c3ccc(F)cc3)n[nH]c2cc1F)C1CC1. The minimum atomic E-state index is -1.04. The molecule has 6 aromatic heterocycles. The summed E-state index contributed by atoms with van der Waals surface area (Å²) in [7, 11) is 0. The van der Waals surface area contributed by atoms with E-state index >= 15 is 0 Å². The first kappa shape index (κ1) is 93.9. The fourth-order valence-electron chi connectivity index (χ4n) is 13.3. The number of nitrogens with one attached hydrogen (secondary N) is 10. The van der Waals surface area contributed by atoms with Gasteiger partial charge in [-0.25, -0.2) is 43.9 Å². The van der Waals surface area contributed by atoms with Gasteiger partial charge in [-0.05, 0) is 193 Å². The van der Waals surface area contributed by atoms with E-state index in [1.807, 2.05) is 23.6 Å². The van der Waals surface area contributed by atoms with Crippen molar-refractivity contribution in [3.63, 3.8) is 0 Å². The Morgan fingerprint density at radius 1 is 0.388 bits per heavy atom.